The summed E-state index contributed by atoms with van der Waals surface area (Å²) in [4.78, 5) is 18.2. The molecule has 0 aliphatic carbocycles. The second kappa shape index (κ2) is 11.3. The Hall–Kier alpha value is -4.43. The van der Waals surface area contributed by atoms with E-state index in [2.05, 4.69) is 21.0 Å². The summed E-state index contributed by atoms with van der Waals surface area (Å²) >= 11 is 3.44. The lowest BCUT2D eigenvalue weighted by atomic mass is 10.2. The third-order valence-electron chi connectivity index (χ3n) is 5.89. The van der Waals surface area contributed by atoms with Crippen molar-refractivity contribution >= 4 is 33.0 Å². The van der Waals surface area contributed by atoms with E-state index in [1.807, 2.05) is 72.8 Å². The minimum Gasteiger partial charge on any atom is -0.493 e. The lowest BCUT2D eigenvalue weighted by Gasteiger charge is -2.15. The maximum Gasteiger partial charge on any atom is 0.282 e. The first kappa shape index (κ1) is 25.2. The van der Waals surface area contributed by atoms with E-state index < -0.39 is 0 Å². The molecule has 5 aromatic rings. The molecule has 38 heavy (non-hydrogen) atoms. The van der Waals surface area contributed by atoms with Crippen LogP contribution < -0.4 is 19.8 Å². The van der Waals surface area contributed by atoms with Gasteiger partial charge in [-0.2, -0.15) is 9.78 Å². The highest BCUT2D eigenvalue weighted by Crippen LogP contribution is 2.39. The normalized spacial score (nSPS) is 11.1. The molecule has 4 aromatic carbocycles. The van der Waals surface area contributed by atoms with Crippen LogP contribution in [-0.4, -0.2) is 30.1 Å². The van der Waals surface area contributed by atoms with Gasteiger partial charge in [-0.3, -0.25) is 4.79 Å². The van der Waals surface area contributed by atoms with Crippen molar-refractivity contribution in [1.29, 1.82) is 0 Å². The first-order chi connectivity index (χ1) is 18.6. The summed E-state index contributed by atoms with van der Waals surface area (Å²) in [5.41, 5.74) is 2.78. The molecule has 0 bridgehead atoms. The number of fused-ring (bicyclic) bond motifs is 1. The van der Waals surface area contributed by atoms with Crippen LogP contribution in [0.15, 0.2) is 105 Å². The van der Waals surface area contributed by atoms with Crippen molar-refractivity contribution in [1.82, 2.24) is 9.66 Å². The number of hydrogen-bond acceptors (Lipinski definition) is 6. The zero-order chi connectivity index (χ0) is 26.5. The fourth-order valence-electron chi connectivity index (χ4n) is 3.98. The topological polar surface area (TPSA) is 74.9 Å². The quantitative estimate of drug-likeness (QED) is 0.205. The molecule has 1 heterocycles. The maximum absolute atomic E-state index is 13.4. The Balaban J connectivity index is 1.53. The van der Waals surface area contributed by atoms with Gasteiger partial charge in [0.25, 0.3) is 5.56 Å². The van der Waals surface area contributed by atoms with Gasteiger partial charge in [-0.1, -0.05) is 70.5 Å². The van der Waals surface area contributed by atoms with E-state index in [9.17, 15) is 4.79 Å². The van der Waals surface area contributed by atoms with E-state index in [0.29, 0.717) is 46.1 Å². The number of aromatic nitrogens is 2. The molecule has 0 unspecified atom stereocenters. The average Bonchev–Trinajstić information content (AvgIpc) is 2.96. The standard InChI is InChI=1S/C30H24BrN3O4/c1-36-26-16-21(17-27(37-2)28(26)38-19-20-12-14-23(31)15-13-20)18-32-34-29(22-8-4-3-5-9-22)33-25-11-7-6-10-24(25)30(34)35/h3-18H,19H2,1-2H3. The van der Waals surface area contributed by atoms with Crippen LogP contribution in [0.3, 0.4) is 0 Å². The van der Waals surface area contributed by atoms with E-state index in [0.717, 1.165) is 15.6 Å². The fraction of sp³-hybridized carbons (Fsp3) is 0.100. The van der Waals surface area contributed by atoms with Crippen molar-refractivity contribution in [3.63, 3.8) is 0 Å². The van der Waals surface area contributed by atoms with Gasteiger partial charge in [-0.15, -0.1) is 0 Å². The largest absolute Gasteiger partial charge is 0.493 e. The van der Waals surface area contributed by atoms with Crippen molar-refractivity contribution in [3.8, 4) is 28.6 Å². The second-order valence-electron chi connectivity index (χ2n) is 8.35. The Morgan fingerprint density at radius 3 is 2.24 bits per heavy atom. The van der Waals surface area contributed by atoms with Crippen LogP contribution in [0.25, 0.3) is 22.3 Å². The molecule has 0 aliphatic heterocycles. The van der Waals surface area contributed by atoms with E-state index in [4.69, 9.17) is 19.2 Å². The third-order valence-corrected chi connectivity index (χ3v) is 6.42. The van der Waals surface area contributed by atoms with Crippen molar-refractivity contribution < 1.29 is 14.2 Å². The van der Waals surface area contributed by atoms with Gasteiger partial charge in [0.2, 0.25) is 5.75 Å². The summed E-state index contributed by atoms with van der Waals surface area (Å²) < 4.78 is 19.6. The van der Waals surface area contributed by atoms with Crippen molar-refractivity contribution in [3.05, 3.63) is 117 Å². The monoisotopic (exact) mass is 569 g/mol. The molecule has 0 aliphatic rings. The van der Waals surface area contributed by atoms with Crippen LogP contribution in [0.1, 0.15) is 11.1 Å². The van der Waals surface area contributed by atoms with Crippen molar-refractivity contribution in [2.24, 2.45) is 5.10 Å². The molecule has 7 nitrogen and oxygen atoms in total. The van der Waals surface area contributed by atoms with Crippen LogP contribution in [0.4, 0.5) is 0 Å². The molecule has 0 atom stereocenters. The summed E-state index contributed by atoms with van der Waals surface area (Å²) in [6.45, 7) is 0.339. The third kappa shape index (κ3) is 5.31. The molecular weight excluding hydrogens is 546 g/mol. The Bertz CT molecular complexity index is 1640. The smallest absolute Gasteiger partial charge is 0.282 e. The number of benzene rings is 4. The first-order valence-corrected chi connectivity index (χ1v) is 12.6. The number of hydrogen-bond donors (Lipinski definition) is 0. The number of methoxy groups -OCH3 is 2. The summed E-state index contributed by atoms with van der Waals surface area (Å²) in [6, 6.07) is 28.2. The van der Waals surface area contributed by atoms with Gasteiger partial charge in [0.1, 0.15) is 6.61 Å². The summed E-state index contributed by atoms with van der Waals surface area (Å²) in [7, 11) is 3.13. The number of ether oxygens (including phenoxy) is 3. The van der Waals surface area contributed by atoms with E-state index in [1.54, 1.807) is 38.6 Å². The molecule has 8 heteroatoms. The van der Waals surface area contributed by atoms with Gasteiger partial charge in [-0.05, 0) is 42.0 Å². The van der Waals surface area contributed by atoms with Gasteiger partial charge < -0.3 is 14.2 Å². The Kier molecular flexibility index (Phi) is 7.51. The second-order valence-corrected chi connectivity index (χ2v) is 9.27. The minimum atomic E-state index is -0.265. The highest BCUT2D eigenvalue weighted by atomic mass is 79.9. The number of halogens is 1. The van der Waals surface area contributed by atoms with E-state index in [1.165, 1.54) is 4.68 Å². The Labute approximate surface area is 228 Å². The molecule has 5 rings (SSSR count). The molecule has 0 fully saturated rings. The predicted molar refractivity (Wildman–Crippen MR) is 152 cm³/mol. The Morgan fingerprint density at radius 2 is 1.55 bits per heavy atom. The fourth-order valence-corrected chi connectivity index (χ4v) is 4.25. The molecule has 0 amide bonds. The van der Waals surface area contributed by atoms with Gasteiger partial charge in [-0.25, -0.2) is 4.98 Å². The lowest BCUT2D eigenvalue weighted by Crippen LogP contribution is -2.20. The minimum absolute atomic E-state index is 0.265. The molecule has 0 radical (unpaired) electrons. The number of para-hydroxylation sites is 1. The van der Waals surface area contributed by atoms with Crippen LogP contribution in [-0.2, 0) is 6.61 Å². The molecular formula is C30H24BrN3O4. The number of rotatable bonds is 8. The SMILES string of the molecule is COc1cc(C=Nn2c(-c3ccccc3)nc3ccccc3c2=O)cc(OC)c1OCc1ccc(Br)cc1. The zero-order valence-electron chi connectivity index (χ0n) is 20.8. The summed E-state index contributed by atoms with van der Waals surface area (Å²) in [5, 5.41) is 5.03. The van der Waals surface area contributed by atoms with Gasteiger partial charge >= 0.3 is 0 Å². The van der Waals surface area contributed by atoms with Gasteiger partial charge in [0.15, 0.2) is 17.3 Å². The molecule has 1 aromatic heterocycles. The summed E-state index contributed by atoms with van der Waals surface area (Å²) in [5.74, 6) is 1.88. The van der Waals surface area contributed by atoms with Crippen molar-refractivity contribution in [2.45, 2.75) is 6.61 Å². The van der Waals surface area contributed by atoms with Crippen LogP contribution in [0.5, 0.6) is 17.2 Å². The predicted octanol–water partition coefficient (Wildman–Crippen LogP) is 6.30. The molecule has 190 valence electrons. The molecule has 0 saturated heterocycles. The lowest BCUT2D eigenvalue weighted by molar-refractivity contribution is 0.266. The molecule has 0 spiro atoms. The van der Waals surface area contributed by atoms with Gasteiger partial charge in [0, 0.05) is 15.6 Å². The van der Waals surface area contributed by atoms with Crippen molar-refractivity contribution in [2.75, 3.05) is 14.2 Å². The summed E-state index contributed by atoms with van der Waals surface area (Å²) in [6.07, 6.45) is 1.58. The van der Waals surface area contributed by atoms with Crippen LogP contribution >= 0.6 is 15.9 Å². The average molecular weight is 570 g/mol. The van der Waals surface area contributed by atoms with E-state index in [-0.39, 0.29) is 5.56 Å². The highest BCUT2D eigenvalue weighted by Gasteiger charge is 2.15. The van der Waals surface area contributed by atoms with Crippen LogP contribution in [0.2, 0.25) is 0 Å². The van der Waals surface area contributed by atoms with E-state index >= 15 is 0 Å². The number of nitrogens with zero attached hydrogens (tertiary/aromatic N) is 3. The molecule has 0 N–H and O–H groups in total. The zero-order valence-corrected chi connectivity index (χ0v) is 22.4. The van der Waals surface area contributed by atoms with Gasteiger partial charge in [0.05, 0.1) is 31.3 Å². The first-order valence-electron chi connectivity index (χ1n) is 11.8. The van der Waals surface area contributed by atoms with Crippen LogP contribution in [0, 0.1) is 0 Å². The Morgan fingerprint density at radius 1 is 0.895 bits per heavy atom. The molecule has 0 saturated carbocycles. The maximum atomic E-state index is 13.4. The highest BCUT2D eigenvalue weighted by molar-refractivity contribution is 9.10.